The van der Waals surface area contributed by atoms with E-state index in [9.17, 15) is 25.0 Å². The molecule has 12 nitrogen and oxygen atoms in total. The molecular weight excluding hydrogens is 444 g/mol. The first kappa shape index (κ1) is 22.6. The van der Waals surface area contributed by atoms with E-state index >= 15 is 0 Å². The van der Waals surface area contributed by atoms with Crippen molar-refractivity contribution in [2.75, 3.05) is 38.2 Å². The van der Waals surface area contributed by atoms with Crippen LogP contribution >= 0.6 is 0 Å². The summed E-state index contributed by atoms with van der Waals surface area (Å²) in [5.74, 6) is 0.883. The predicted molar refractivity (Wildman–Crippen MR) is 122 cm³/mol. The van der Waals surface area contributed by atoms with Crippen LogP contribution in [-0.4, -0.2) is 64.1 Å². The highest BCUT2D eigenvalue weighted by molar-refractivity contribution is 5.95. The van der Waals surface area contributed by atoms with E-state index in [0.29, 0.717) is 37.7 Å². The molecule has 2 aromatic carbocycles. The Labute approximate surface area is 193 Å². The normalized spacial score (nSPS) is 13.4. The van der Waals surface area contributed by atoms with E-state index < -0.39 is 27.1 Å². The molecule has 34 heavy (non-hydrogen) atoms. The Hall–Kier alpha value is -4.61. The molecule has 174 valence electrons. The Kier molecular flexibility index (Phi) is 6.30. The monoisotopic (exact) mass is 464 g/mol. The van der Waals surface area contributed by atoms with Gasteiger partial charge in [-0.2, -0.15) is 0 Å². The second-order valence-corrected chi connectivity index (χ2v) is 7.54. The lowest BCUT2D eigenvalue weighted by Gasteiger charge is -2.35. The Bertz CT molecular complexity index is 1210. The molecule has 0 bridgehead atoms. The van der Waals surface area contributed by atoms with E-state index in [2.05, 4.69) is 10.2 Å². The molecular formula is C22H20N6O6. The lowest BCUT2D eigenvalue weighted by molar-refractivity contribution is -0.394. The third kappa shape index (κ3) is 4.75. The summed E-state index contributed by atoms with van der Waals surface area (Å²) in [4.78, 5) is 37.1. The number of hydrogen-bond acceptors (Lipinski definition) is 9. The first-order chi connectivity index (χ1) is 16.4. The lowest BCUT2D eigenvalue weighted by Crippen LogP contribution is -2.49. The van der Waals surface area contributed by atoms with E-state index in [1.807, 2.05) is 41.3 Å². The summed E-state index contributed by atoms with van der Waals surface area (Å²) in [7, 11) is 1.60. The third-order valence-corrected chi connectivity index (χ3v) is 5.48. The molecule has 0 radical (unpaired) electrons. The molecule has 0 spiro atoms. The van der Waals surface area contributed by atoms with Crippen molar-refractivity contribution in [3.8, 4) is 17.0 Å². The highest BCUT2D eigenvalue weighted by atomic mass is 16.6. The van der Waals surface area contributed by atoms with E-state index in [1.54, 1.807) is 7.11 Å². The third-order valence-electron chi connectivity index (χ3n) is 5.48. The first-order valence-corrected chi connectivity index (χ1v) is 10.3. The van der Waals surface area contributed by atoms with Crippen LogP contribution in [0.5, 0.6) is 5.75 Å². The summed E-state index contributed by atoms with van der Waals surface area (Å²) in [6, 6.07) is 14.2. The van der Waals surface area contributed by atoms with Crippen molar-refractivity contribution in [1.29, 1.82) is 0 Å². The summed E-state index contributed by atoms with van der Waals surface area (Å²) >= 11 is 0. The molecule has 2 heterocycles. The van der Waals surface area contributed by atoms with Crippen LogP contribution in [0.3, 0.4) is 0 Å². The number of benzene rings is 2. The highest BCUT2D eigenvalue weighted by Gasteiger charge is 2.26. The van der Waals surface area contributed by atoms with E-state index in [4.69, 9.17) is 4.74 Å². The van der Waals surface area contributed by atoms with Gasteiger partial charge in [0.1, 0.15) is 5.75 Å². The summed E-state index contributed by atoms with van der Waals surface area (Å²) in [5.41, 5.74) is 0.491. The van der Waals surface area contributed by atoms with Gasteiger partial charge >= 0.3 is 0 Å². The van der Waals surface area contributed by atoms with Crippen LogP contribution in [0, 0.1) is 20.2 Å². The molecule has 1 amide bonds. The summed E-state index contributed by atoms with van der Waals surface area (Å²) in [5, 5.41) is 30.8. The number of methoxy groups -OCH3 is 1. The Balaban J connectivity index is 1.44. The maximum Gasteiger partial charge on any atom is 0.277 e. The molecule has 0 aliphatic carbocycles. The number of rotatable bonds is 6. The van der Waals surface area contributed by atoms with Gasteiger partial charge in [0.25, 0.3) is 17.3 Å². The first-order valence-electron chi connectivity index (χ1n) is 10.3. The minimum atomic E-state index is -0.754. The number of anilines is 1. The van der Waals surface area contributed by atoms with Crippen molar-refractivity contribution in [1.82, 2.24) is 15.1 Å². The molecule has 3 aromatic rings. The van der Waals surface area contributed by atoms with Crippen LogP contribution in [0.4, 0.5) is 17.2 Å². The van der Waals surface area contributed by atoms with Gasteiger partial charge in [-0.05, 0) is 24.3 Å². The Morgan fingerprint density at radius 1 is 0.912 bits per heavy atom. The topological polar surface area (TPSA) is 145 Å². The van der Waals surface area contributed by atoms with Crippen molar-refractivity contribution in [2.24, 2.45) is 0 Å². The number of amides is 1. The van der Waals surface area contributed by atoms with Crippen molar-refractivity contribution in [3.05, 3.63) is 80.4 Å². The fourth-order valence-electron chi connectivity index (χ4n) is 3.68. The summed E-state index contributed by atoms with van der Waals surface area (Å²) < 4.78 is 5.24. The molecule has 0 saturated carbocycles. The molecule has 0 N–H and O–H groups in total. The number of carbonyl (C=O) groups is 1. The van der Waals surface area contributed by atoms with E-state index in [0.717, 1.165) is 29.5 Å². The van der Waals surface area contributed by atoms with Gasteiger partial charge in [-0.25, -0.2) is 0 Å². The molecule has 1 aliphatic heterocycles. The second kappa shape index (κ2) is 9.48. The smallest absolute Gasteiger partial charge is 0.277 e. The molecule has 1 saturated heterocycles. The largest absolute Gasteiger partial charge is 0.497 e. The molecule has 12 heteroatoms. The van der Waals surface area contributed by atoms with E-state index in [1.165, 1.54) is 4.90 Å². The molecule has 1 aliphatic rings. The lowest BCUT2D eigenvalue weighted by atomic mass is 10.1. The maximum absolute atomic E-state index is 12.9. The van der Waals surface area contributed by atoms with Gasteiger partial charge in [-0.3, -0.25) is 25.0 Å². The number of nitrogens with zero attached hydrogens (tertiary/aromatic N) is 6. The number of nitro benzene ring substituents is 2. The number of nitro groups is 2. The molecule has 4 rings (SSSR count). The van der Waals surface area contributed by atoms with Crippen molar-refractivity contribution >= 4 is 23.1 Å². The highest BCUT2D eigenvalue weighted by Crippen LogP contribution is 2.25. The number of aromatic nitrogens is 2. The second-order valence-electron chi connectivity index (χ2n) is 7.54. The average molecular weight is 464 g/mol. The average Bonchev–Trinajstić information content (AvgIpc) is 2.88. The van der Waals surface area contributed by atoms with Crippen LogP contribution in [-0.2, 0) is 0 Å². The van der Waals surface area contributed by atoms with Crippen LogP contribution < -0.4 is 9.64 Å². The van der Waals surface area contributed by atoms with Gasteiger partial charge in [0.15, 0.2) is 5.82 Å². The molecule has 0 atom stereocenters. The standard InChI is InChI=1S/C22H20N6O6/c1-34-19-4-2-3-15(13-19)20-5-6-21(24-23-20)25-7-9-26(10-8-25)22(29)16-11-17(27(30)31)14-18(12-16)28(32)33/h2-6,11-14H,7-10H2,1H3. The minimum absolute atomic E-state index is 0.0863. The zero-order chi connectivity index (χ0) is 24.2. The SMILES string of the molecule is COc1cccc(-c2ccc(N3CCN(C(=O)c4cc([N+](=O)[O-])cc([N+](=O)[O-])c4)CC3)nn2)c1. The number of non-ortho nitro benzene ring substituents is 2. The Morgan fingerprint density at radius 2 is 1.59 bits per heavy atom. The summed E-state index contributed by atoms with van der Waals surface area (Å²) in [6.07, 6.45) is 0. The van der Waals surface area contributed by atoms with Crippen molar-refractivity contribution < 1.29 is 19.4 Å². The summed E-state index contributed by atoms with van der Waals surface area (Å²) in [6.45, 7) is 1.59. The fraction of sp³-hybridized carbons (Fsp3) is 0.227. The van der Waals surface area contributed by atoms with Gasteiger partial charge < -0.3 is 14.5 Å². The van der Waals surface area contributed by atoms with Crippen LogP contribution in [0.25, 0.3) is 11.3 Å². The van der Waals surface area contributed by atoms with Gasteiger partial charge in [0.05, 0.1) is 34.3 Å². The fourth-order valence-corrected chi connectivity index (χ4v) is 3.68. The maximum atomic E-state index is 12.9. The zero-order valence-corrected chi connectivity index (χ0v) is 18.2. The van der Waals surface area contributed by atoms with Crippen LogP contribution in [0.1, 0.15) is 10.4 Å². The van der Waals surface area contributed by atoms with Crippen molar-refractivity contribution in [2.45, 2.75) is 0 Å². The predicted octanol–water partition coefficient (Wildman–Crippen LogP) is 2.93. The molecule has 0 unspecified atom stereocenters. The van der Waals surface area contributed by atoms with Crippen LogP contribution in [0.2, 0.25) is 0 Å². The van der Waals surface area contributed by atoms with Crippen molar-refractivity contribution in [3.63, 3.8) is 0 Å². The molecule has 1 aromatic heterocycles. The quantitative estimate of drug-likeness (QED) is 0.397. The molecule has 1 fully saturated rings. The zero-order valence-electron chi connectivity index (χ0n) is 18.2. The number of ether oxygens (including phenoxy) is 1. The number of hydrogen-bond donors (Lipinski definition) is 0. The number of piperazine rings is 1. The van der Waals surface area contributed by atoms with Gasteiger partial charge in [0.2, 0.25) is 0 Å². The minimum Gasteiger partial charge on any atom is -0.497 e. The Morgan fingerprint density at radius 3 is 2.15 bits per heavy atom. The number of carbonyl (C=O) groups excluding carboxylic acids is 1. The van der Waals surface area contributed by atoms with Gasteiger partial charge in [-0.15, -0.1) is 10.2 Å². The van der Waals surface area contributed by atoms with Crippen LogP contribution in [0.15, 0.2) is 54.6 Å². The van der Waals surface area contributed by atoms with Gasteiger partial charge in [-0.1, -0.05) is 12.1 Å². The van der Waals surface area contributed by atoms with E-state index in [-0.39, 0.29) is 5.56 Å². The van der Waals surface area contributed by atoms with Gasteiger partial charge in [0, 0.05) is 43.9 Å².